The number of nitrogens with zero attached hydrogens (tertiary/aromatic N) is 3. The molecule has 1 aromatic heterocycles. The molecule has 3 aromatic carbocycles. The molecule has 10 nitrogen and oxygen atoms in total. The molecule has 2 aliphatic rings. The lowest BCUT2D eigenvalue weighted by Gasteiger charge is -2.18. The lowest BCUT2D eigenvalue weighted by molar-refractivity contribution is -0.388. The molecule has 0 saturated carbocycles. The van der Waals surface area contributed by atoms with Crippen molar-refractivity contribution in [1.82, 2.24) is 9.88 Å². The van der Waals surface area contributed by atoms with Gasteiger partial charge >= 0.3 is 11.8 Å². The minimum absolute atomic E-state index is 0.166. The number of ether oxygens (including phenoxy) is 4. The zero-order valence-electron chi connectivity index (χ0n) is 23.3. The summed E-state index contributed by atoms with van der Waals surface area (Å²) in [4.78, 5) is 29.3. The molecule has 220 valence electrons. The number of methoxy groups -OCH3 is 1. The highest BCUT2D eigenvalue weighted by molar-refractivity contribution is 5.88. The first kappa shape index (κ1) is 28.0. The van der Waals surface area contributed by atoms with Gasteiger partial charge in [0, 0.05) is 42.6 Å². The third-order valence-corrected chi connectivity index (χ3v) is 7.63. The highest BCUT2D eigenvalue weighted by Gasteiger charge is 2.37. The zero-order valence-corrected chi connectivity index (χ0v) is 23.3. The van der Waals surface area contributed by atoms with Crippen molar-refractivity contribution < 1.29 is 33.1 Å². The summed E-state index contributed by atoms with van der Waals surface area (Å²) in [7, 11) is 1.51. The van der Waals surface area contributed by atoms with Gasteiger partial charge in [-0.1, -0.05) is 42.5 Å². The topological polar surface area (TPSA) is 113 Å². The van der Waals surface area contributed by atoms with Gasteiger partial charge in [0.1, 0.15) is 12.4 Å². The number of nitro groups is 1. The molecule has 1 fully saturated rings. The SMILES string of the molecule is COc1cc2c(Oc3cccc(F)c3[N+](=O)[O-])ccnc2cc1OCC1C=C2CN(C(=O)OCc3ccccc3)CC2C1. The Hall–Kier alpha value is -5.19. The summed E-state index contributed by atoms with van der Waals surface area (Å²) >= 11 is 0. The van der Waals surface area contributed by atoms with Gasteiger partial charge in [0.25, 0.3) is 0 Å². The van der Waals surface area contributed by atoms with Crippen molar-refractivity contribution in [3.8, 4) is 23.0 Å². The summed E-state index contributed by atoms with van der Waals surface area (Å²) in [6, 6.07) is 18.2. The summed E-state index contributed by atoms with van der Waals surface area (Å²) in [6.45, 7) is 1.82. The van der Waals surface area contributed by atoms with E-state index >= 15 is 0 Å². The molecule has 6 rings (SSSR count). The lowest BCUT2D eigenvalue weighted by Crippen LogP contribution is -2.30. The number of amides is 1. The normalized spacial score (nSPS) is 17.3. The van der Waals surface area contributed by atoms with E-state index in [9.17, 15) is 19.3 Å². The van der Waals surface area contributed by atoms with E-state index < -0.39 is 16.4 Å². The summed E-state index contributed by atoms with van der Waals surface area (Å²) < 4.78 is 37.2. The summed E-state index contributed by atoms with van der Waals surface area (Å²) in [6.07, 6.45) is 4.23. The number of rotatable bonds is 9. The molecule has 0 spiro atoms. The Morgan fingerprint density at radius 1 is 1.07 bits per heavy atom. The Balaban J connectivity index is 1.11. The number of carbonyl (C=O) groups is 1. The molecule has 2 unspecified atom stereocenters. The monoisotopic (exact) mass is 585 g/mol. The van der Waals surface area contributed by atoms with Gasteiger partial charge in [0.05, 0.1) is 24.2 Å². The van der Waals surface area contributed by atoms with Crippen molar-refractivity contribution in [1.29, 1.82) is 0 Å². The molecule has 11 heteroatoms. The van der Waals surface area contributed by atoms with Gasteiger partial charge in [-0.15, -0.1) is 0 Å². The zero-order chi connectivity index (χ0) is 29.9. The number of fused-ring (bicyclic) bond motifs is 2. The van der Waals surface area contributed by atoms with Crippen LogP contribution in [0.4, 0.5) is 14.9 Å². The molecular formula is C32H28FN3O7. The first-order valence-electron chi connectivity index (χ1n) is 13.8. The van der Waals surface area contributed by atoms with Gasteiger partial charge in [-0.05, 0) is 41.8 Å². The van der Waals surface area contributed by atoms with Gasteiger partial charge in [0.15, 0.2) is 11.5 Å². The van der Waals surface area contributed by atoms with E-state index in [4.69, 9.17) is 18.9 Å². The van der Waals surface area contributed by atoms with Crippen molar-refractivity contribution in [2.75, 3.05) is 26.8 Å². The second kappa shape index (κ2) is 12.0. The van der Waals surface area contributed by atoms with Crippen LogP contribution in [0.3, 0.4) is 0 Å². The molecule has 2 heterocycles. The summed E-state index contributed by atoms with van der Waals surface area (Å²) in [5.74, 6) is 0.387. The average Bonchev–Trinajstić information content (AvgIpc) is 3.58. The van der Waals surface area contributed by atoms with Gasteiger partial charge in [-0.25, -0.2) is 4.79 Å². The number of carbonyl (C=O) groups excluding carboxylic acids is 1. The number of halogens is 1. The van der Waals surface area contributed by atoms with Crippen molar-refractivity contribution >= 4 is 22.7 Å². The Morgan fingerprint density at radius 3 is 2.67 bits per heavy atom. The van der Waals surface area contributed by atoms with Crippen LogP contribution in [0, 0.1) is 27.8 Å². The molecule has 0 radical (unpaired) electrons. The molecule has 4 aromatic rings. The number of hydrogen-bond acceptors (Lipinski definition) is 8. The van der Waals surface area contributed by atoms with Crippen LogP contribution >= 0.6 is 0 Å². The average molecular weight is 586 g/mol. The van der Waals surface area contributed by atoms with Crippen LogP contribution in [0.1, 0.15) is 12.0 Å². The Morgan fingerprint density at radius 2 is 1.91 bits per heavy atom. The maximum Gasteiger partial charge on any atom is 0.410 e. The second-order valence-corrected chi connectivity index (χ2v) is 10.4. The fourth-order valence-electron chi connectivity index (χ4n) is 5.57. The number of hydrogen-bond donors (Lipinski definition) is 0. The molecule has 43 heavy (non-hydrogen) atoms. The molecule has 1 aliphatic heterocycles. The molecule has 1 amide bonds. The quantitative estimate of drug-likeness (QED) is 0.122. The minimum atomic E-state index is -0.990. The van der Waals surface area contributed by atoms with Gasteiger partial charge < -0.3 is 23.8 Å². The summed E-state index contributed by atoms with van der Waals surface area (Å²) in [5, 5.41) is 11.9. The van der Waals surface area contributed by atoms with Crippen LogP contribution in [0.5, 0.6) is 23.0 Å². The maximum atomic E-state index is 14.1. The number of aromatic nitrogens is 1. The third kappa shape index (κ3) is 5.92. The molecule has 1 saturated heterocycles. The number of likely N-dealkylation sites (tertiary alicyclic amines) is 1. The molecule has 0 N–H and O–H groups in total. The van der Waals surface area contributed by atoms with E-state index in [1.165, 1.54) is 31.0 Å². The molecule has 0 bridgehead atoms. The standard InChI is InChI=1S/C32H28FN3O7/c1-40-29-14-24-26(34-11-10-27(24)43-28-9-5-8-25(33)31(28)36(38)39)15-30(29)41-19-21-12-22-16-35(17-23(22)13-21)32(37)42-18-20-6-3-2-4-7-20/h2-12,14-15,21,23H,13,16-19H2,1H3. The fraction of sp³-hybridized carbons (Fsp3) is 0.250. The van der Waals surface area contributed by atoms with E-state index in [1.807, 2.05) is 30.3 Å². The minimum Gasteiger partial charge on any atom is -0.493 e. The third-order valence-electron chi connectivity index (χ3n) is 7.63. The summed E-state index contributed by atoms with van der Waals surface area (Å²) in [5.41, 5.74) is 1.93. The van der Waals surface area contributed by atoms with Crippen molar-refractivity contribution in [3.05, 3.63) is 106 Å². The maximum absolute atomic E-state index is 14.1. The Bertz CT molecular complexity index is 1710. The van der Waals surface area contributed by atoms with Crippen LogP contribution in [-0.2, 0) is 11.3 Å². The molecular weight excluding hydrogens is 557 g/mol. The first-order chi connectivity index (χ1) is 20.9. The van der Waals surface area contributed by atoms with Crippen LogP contribution in [0.15, 0.2) is 84.6 Å². The van der Waals surface area contributed by atoms with Crippen LogP contribution in [0.25, 0.3) is 10.9 Å². The smallest absolute Gasteiger partial charge is 0.410 e. The number of pyridine rings is 1. The van der Waals surface area contributed by atoms with Crippen LogP contribution in [-0.4, -0.2) is 47.7 Å². The van der Waals surface area contributed by atoms with Gasteiger partial charge in [-0.2, -0.15) is 4.39 Å². The van der Waals surface area contributed by atoms with E-state index in [0.29, 0.717) is 42.1 Å². The van der Waals surface area contributed by atoms with E-state index in [2.05, 4.69) is 11.1 Å². The highest BCUT2D eigenvalue weighted by Crippen LogP contribution is 2.41. The predicted octanol–water partition coefficient (Wildman–Crippen LogP) is 6.68. The lowest BCUT2D eigenvalue weighted by atomic mass is 10.0. The van der Waals surface area contributed by atoms with E-state index in [-0.39, 0.29) is 36.0 Å². The largest absolute Gasteiger partial charge is 0.493 e. The predicted molar refractivity (Wildman–Crippen MR) is 155 cm³/mol. The fourth-order valence-corrected chi connectivity index (χ4v) is 5.57. The first-order valence-corrected chi connectivity index (χ1v) is 13.8. The Kier molecular flexibility index (Phi) is 7.78. The van der Waals surface area contributed by atoms with E-state index in [1.54, 1.807) is 23.1 Å². The highest BCUT2D eigenvalue weighted by atomic mass is 19.1. The van der Waals surface area contributed by atoms with Gasteiger partial charge in [-0.3, -0.25) is 15.1 Å². The van der Waals surface area contributed by atoms with Crippen LogP contribution < -0.4 is 14.2 Å². The molecule has 2 atom stereocenters. The Labute approximate surface area is 246 Å². The van der Waals surface area contributed by atoms with Crippen molar-refractivity contribution in [3.63, 3.8) is 0 Å². The number of nitro benzene ring substituents is 1. The van der Waals surface area contributed by atoms with E-state index in [0.717, 1.165) is 18.1 Å². The second-order valence-electron chi connectivity index (χ2n) is 10.4. The number of para-hydroxylation sites is 1. The van der Waals surface area contributed by atoms with Crippen LogP contribution in [0.2, 0.25) is 0 Å². The number of benzene rings is 3. The molecule has 1 aliphatic carbocycles. The van der Waals surface area contributed by atoms with Gasteiger partial charge in [0.2, 0.25) is 11.6 Å². The van der Waals surface area contributed by atoms with Crippen molar-refractivity contribution in [2.45, 2.75) is 13.0 Å². The van der Waals surface area contributed by atoms with Crippen molar-refractivity contribution in [2.24, 2.45) is 11.8 Å².